The normalized spacial score (nSPS) is 15.4. The van der Waals surface area contributed by atoms with Crippen LogP contribution in [0.1, 0.15) is 47.7 Å². The van der Waals surface area contributed by atoms with Crippen LogP contribution in [0.3, 0.4) is 0 Å². The fraction of sp³-hybridized carbons (Fsp3) is 0.423. The first-order valence-electron chi connectivity index (χ1n) is 11.1. The molecule has 32 heavy (non-hydrogen) atoms. The lowest BCUT2D eigenvalue weighted by molar-refractivity contribution is -0.130. The van der Waals surface area contributed by atoms with Crippen molar-refractivity contribution in [2.75, 3.05) is 40.4 Å². The molecule has 1 N–H and O–H groups in total. The maximum atomic E-state index is 12.2. The molecule has 0 aromatic heterocycles. The van der Waals surface area contributed by atoms with Crippen LogP contribution in [-0.4, -0.2) is 61.3 Å². The number of methoxy groups -OCH3 is 2. The summed E-state index contributed by atoms with van der Waals surface area (Å²) in [4.78, 5) is 16.7. The quantitative estimate of drug-likeness (QED) is 0.622. The van der Waals surface area contributed by atoms with E-state index in [9.17, 15) is 9.90 Å². The first-order chi connectivity index (χ1) is 15.3. The molecule has 1 aliphatic heterocycles. The number of carbonyl (C=O) groups is 1. The maximum absolute atomic E-state index is 12.2. The minimum atomic E-state index is -0.953. The monoisotopic (exact) mass is 438 g/mol. The third kappa shape index (κ3) is 4.60. The Morgan fingerprint density at radius 1 is 1.03 bits per heavy atom. The van der Waals surface area contributed by atoms with Crippen molar-refractivity contribution in [2.24, 2.45) is 0 Å². The van der Waals surface area contributed by atoms with Gasteiger partial charge in [-0.2, -0.15) is 0 Å². The van der Waals surface area contributed by atoms with Gasteiger partial charge in [0, 0.05) is 19.3 Å². The predicted molar refractivity (Wildman–Crippen MR) is 127 cm³/mol. The summed E-state index contributed by atoms with van der Waals surface area (Å²) in [6.07, 6.45) is 1.80. The van der Waals surface area contributed by atoms with Gasteiger partial charge < -0.3 is 24.4 Å². The number of hydrogen-bond donors (Lipinski definition) is 1. The number of aliphatic carboxylic acids is 1. The summed E-state index contributed by atoms with van der Waals surface area (Å²) >= 11 is 0. The van der Waals surface area contributed by atoms with Gasteiger partial charge in [0.1, 0.15) is 0 Å². The molecule has 0 bridgehead atoms. The highest BCUT2D eigenvalue weighted by Gasteiger charge is 2.33. The SMILES string of the molecule is CCN(CC)CCN1C=C(C(=O)O)c2cc(OC)c(OC)cc2C1c1ccc(C)cc1C. The molecule has 0 saturated carbocycles. The van der Waals surface area contributed by atoms with Crippen molar-refractivity contribution >= 4 is 11.5 Å². The zero-order valence-electron chi connectivity index (χ0n) is 19.9. The molecule has 2 aromatic rings. The average Bonchev–Trinajstić information content (AvgIpc) is 2.78. The smallest absolute Gasteiger partial charge is 0.337 e. The number of carboxylic acids is 1. The standard InChI is InChI=1S/C26H34N2O4/c1-7-27(8-2)11-12-28-16-22(26(29)30)20-14-23(31-5)24(32-6)15-21(20)25(28)19-10-9-17(3)13-18(19)4/h9-10,13-16,25H,7-8,11-12H2,1-6H3,(H,29,30). The molecular formula is C26H34N2O4. The van der Waals surface area contributed by atoms with Crippen LogP contribution in [0, 0.1) is 13.8 Å². The molecule has 172 valence electrons. The number of hydrogen-bond acceptors (Lipinski definition) is 5. The van der Waals surface area contributed by atoms with E-state index in [4.69, 9.17) is 9.47 Å². The second-order valence-corrected chi connectivity index (χ2v) is 8.17. The number of benzene rings is 2. The number of rotatable bonds is 9. The third-order valence-corrected chi connectivity index (χ3v) is 6.29. The fourth-order valence-corrected chi connectivity index (χ4v) is 4.48. The predicted octanol–water partition coefficient (Wildman–Crippen LogP) is 4.49. The lowest BCUT2D eigenvalue weighted by Crippen LogP contribution is -2.37. The van der Waals surface area contributed by atoms with Gasteiger partial charge in [0.25, 0.3) is 0 Å². The van der Waals surface area contributed by atoms with Crippen molar-refractivity contribution in [1.82, 2.24) is 9.80 Å². The van der Waals surface area contributed by atoms with E-state index in [2.05, 4.69) is 55.7 Å². The molecule has 0 radical (unpaired) electrons. The van der Waals surface area contributed by atoms with Gasteiger partial charge in [0.05, 0.1) is 25.8 Å². The Bertz CT molecular complexity index is 1010. The van der Waals surface area contributed by atoms with Crippen molar-refractivity contribution in [3.05, 3.63) is 64.3 Å². The first kappa shape index (κ1) is 23.7. The van der Waals surface area contributed by atoms with E-state index in [1.165, 1.54) is 11.1 Å². The first-order valence-corrected chi connectivity index (χ1v) is 11.1. The summed E-state index contributed by atoms with van der Waals surface area (Å²) in [7, 11) is 3.17. The van der Waals surface area contributed by atoms with E-state index in [1.807, 2.05) is 6.07 Å². The molecule has 1 unspecified atom stereocenters. The van der Waals surface area contributed by atoms with Crippen molar-refractivity contribution in [2.45, 2.75) is 33.7 Å². The molecule has 6 nitrogen and oxygen atoms in total. The van der Waals surface area contributed by atoms with E-state index in [-0.39, 0.29) is 11.6 Å². The van der Waals surface area contributed by atoms with Crippen LogP contribution in [-0.2, 0) is 4.79 Å². The number of likely N-dealkylation sites (N-methyl/N-ethyl adjacent to an activating group) is 1. The van der Waals surface area contributed by atoms with E-state index in [1.54, 1.807) is 26.5 Å². The highest BCUT2D eigenvalue weighted by atomic mass is 16.5. The third-order valence-electron chi connectivity index (χ3n) is 6.29. The number of aryl methyl sites for hydroxylation is 2. The molecule has 6 heteroatoms. The van der Waals surface area contributed by atoms with Gasteiger partial charge in [0.15, 0.2) is 11.5 Å². The van der Waals surface area contributed by atoms with Crippen molar-refractivity contribution in [3.63, 3.8) is 0 Å². The topological polar surface area (TPSA) is 62.2 Å². The Kier molecular flexibility index (Phi) is 7.46. The van der Waals surface area contributed by atoms with Crippen LogP contribution >= 0.6 is 0 Å². The average molecular weight is 439 g/mol. The Morgan fingerprint density at radius 2 is 1.69 bits per heavy atom. The Morgan fingerprint density at radius 3 is 2.25 bits per heavy atom. The molecule has 0 saturated heterocycles. The summed E-state index contributed by atoms with van der Waals surface area (Å²) in [5.41, 5.74) is 5.38. The van der Waals surface area contributed by atoms with Crippen LogP contribution in [0.2, 0.25) is 0 Å². The highest BCUT2D eigenvalue weighted by Crippen LogP contribution is 2.44. The Balaban J connectivity index is 2.22. The molecular weight excluding hydrogens is 404 g/mol. The van der Waals surface area contributed by atoms with Gasteiger partial charge in [-0.25, -0.2) is 4.79 Å². The number of ether oxygens (including phenoxy) is 2. The lowest BCUT2D eigenvalue weighted by atomic mass is 9.84. The van der Waals surface area contributed by atoms with Crippen LogP contribution in [0.25, 0.3) is 5.57 Å². The fourth-order valence-electron chi connectivity index (χ4n) is 4.48. The van der Waals surface area contributed by atoms with Gasteiger partial charge in [-0.3, -0.25) is 0 Å². The maximum Gasteiger partial charge on any atom is 0.337 e. The summed E-state index contributed by atoms with van der Waals surface area (Å²) in [6, 6.07) is 10.0. The summed E-state index contributed by atoms with van der Waals surface area (Å²) in [5, 5.41) is 10.0. The zero-order chi connectivity index (χ0) is 23.4. The molecule has 1 atom stereocenters. The van der Waals surface area contributed by atoms with Crippen LogP contribution in [0.4, 0.5) is 0 Å². The van der Waals surface area contributed by atoms with Crippen LogP contribution in [0.5, 0.6) is 11.5 Å². The number of fused-ring (bicyclic) bond motifs is 1. The minimum absolute atomic E-state index is 0.121. The minimum Gasteiger partial charge on any atom is -0.493 e. The molecule has 1 aliphatic rings. The highest BCUT2D eigenvalue weighted by molar-refractivity contribution is 6.16. The van der Waals surface area contributed by atoms with Crippen molar-refractivity contribution in [3.8, 4) is 11.5 Å². The number of nitrogens with zero attached hydrogens (tertiary/aromatic N) is 2. The van der Waals surface area contributed by atoms with Gasteiger partial charge in [-0.05, 0) is 61.3 Å². The molecule has 0 amide bonds. The summed E-state index contributed by atoms with van der Waals surface area (Å²) < 4.78 is 11.1. The van der Waals surface area contributed by atoms with Gasteiger partial charge in [-0.1, -0.05) is 37.6 Å². The van der Waals surface area contributed by atoms with Gasteiger partial charge in [-0.15, -0.1) is 0 Å². The van der Waals surface area contributed by atoms with E-state index < -0.39 is 5.97 Å². The molecule has 0 spiro atoms. The Labute approximate surface area is 191 Å². The van der Waals surface area contributed by atoms with E-state index in [0.29, 0.717) is 23.6 Å². The Hall–Kier alpha value is -2.99. The summed E-state index contributed by atoms with van der Waals surface area (Å²) in [6.45, 7) is 12.0. The van der Waals surface area contributed by atoms with E-state index >= 15 is 0 Å². The molecule has 2 aromatic carbocycles. The number of carboxylic acid groups (broad SMARTS) is 1. The second-order valence-electron chi connectivity index (χ2n) is 8.17. The van der Waals surface area contributed by atoms with Crippen LogP contribution in [0.15, 0.2) is 36.5 Å². The zero-order valence-corrected chi connectivity index (χ0v) is 19.9. The van der Waals surface area contributed by atoms with E-state index in [0.717, 1.165) is 30.8 Å². The van der Waals surface area contributed by atoms with Crippen LogP contribution < -0.4 is 9.47 Å². The lowest BCUT2D eigenvalue weighted by Gasteiger charge is -2.39. The molecule has 3 rings (SSSR count). The van der Waals surface area contributed by atoms with Crippen molar-refractivity contribution < 1.29 is 19.4 Å². The second kappa shape index (κ2) is 10.1. The van der Waals surface area contributed by atoms with Gasteiger partial charge >= 0.3 is 5.97 Å². The molecule has 1 heterocycles. The van der Waals surface area contributed by atoms with Crippen molar-refractivity contribution in [1.29, 1.82) is 0 Å². The summed E-state index contributed by atoms with van der Waals surface area (Å²) in [5.74, 6) is 0.163. The van der Waals surface area contributed by atoms with Gasteiger partial charge in [0.2, 0.25) is 0 Å². The molecule has 0 aliphatic carbocycles. The largest absolute Gasteiger partial charge is 0.493 e. The molecule has 0 fully saturated rings.